The maximum absolute atomic E-state index is 14.5. The summed E-state index contributed by atoms with van der Waals surface area (Å²) < 4.78 is 36.1. The van der Waals surface area contributed by atoms with Crippen LogP contribution in [0.1, 0.15) is 48.0 Å². The smallest absolute Gasteiger partial charge is 0.308 e. The second-order valence-corrected chi connectivity index (χ2v) is 10.5. The van der Waals surface area contributed by atoms with Gasteiger partial charge in [0.1, 0.15) is 11.6 Å². The third kappa shape index (κ3) is 4.01. The summed E-state index contributed by atoms with van der Waals surface area (Å²) in [6.07, 6.45) is 5.64. The van der Waals surface area contributed by atoms with Crippen LogP contribution in [0.2, 0.25) is 0 Å². The molecule has 0 atom stereocenters. The normalized spacial score (nSPS) is 23.9. The Hall–Kier alpha value is -2.54. The molecule has 7 heteroatoms. The predicted molar refractivity (Wildman–Crippen MR) is 124 cm³/mol. The van der Waals surface area contributed by atoms with Crippen molar-refractivity contribution in [2.45, 2.75) is 38.6 Å². The van der Waals surface area contributed by atoms with Crippen molar-refractivity contribution in [2.75, 3.05) is 7.11 Å². The number of esters is 1. The molecule has 2 aliphatic carbocycles. The minimum absolute atomic E-state index is 0.00865. The fourth-order valence-electron chi connectivity index (χ4n) is 5.81. The van der Waals surface area contributed by atoms with Gasteiger partial charge in [0.2, 0.25) is 0 Å². The highest BCUT2D eigenvalue weighted by Crippen LogP contribution is 2.62. The molecular weight excluding hydrogens is 492 g/mol. The molecule has 1 spiro atoms. The Morgan fingerprint density at radius 2 is 1.85 bits per heavy atom. The monoisotopic (exact) mass is 515 g/mol. The van der Waals surface area contributed by atoms with E-state index in [0.29, 0.717) is 32.9 Å². The van der Waals surface area contributed by atoms with Crippen molar-refractivity contribution < 1.29 is 23.1 Å². The van der Waals surface area contributed by atoms with E-state index in [4.69, 9.17) is 4.74 Å². The van der Waals surface area contributed by atoms with Crippen LogP contribution in [-0.2, 0) is 16.1 Å². The van der Waals surface area contributed by atoms with Crippen LogP contribution >= 0.6 is 15.9 Å². The molecule has 0 amide bonds. The number of rotatable bonds is 6. The van der Waals surface area contributed by atoms with Gasteiger partial charge in [0.15, 0.2) is 5.78 Å². The van der Waals surface area contributed by atoms with Crippen LogP contribution in [0.3, 0.4) is 0 Å². The molecular formula is C26H24BrF2NO3. The van der Waals surface area contributed by atoms with Crippen LogP contribution in [0.25, 0.3) is 10.9 Å². The quantitative estimate of drug-likeness (QED) is 0.286. The van der Waals surface area contributed by atoms with Gasteiger partial charge in [0.25, 0.3) is 0 Å². The van der Waals surface area contributed by atoms with Crippen LogP contribution in [0, 0.1) is 28.9 Å². The molecule has 2 aromatic carbocycles. The van der Waals surface area contributed by atoms with Crippen molar-refractivity contribution in [3.63, 3.8) is 0 Å². The van der Waals surface area contributed by atoms with Gasteiger partial charge in [-0.05, 0) is 67.3 Å². The number of fused-ring (bicyclic) bond motifs is 1. The average molecular weight is 516 g/mol. The van der Waals surface area contributed by atoms with E-state index in [9.17, 15) is 18.4 Å². The van der Waals surface area contributed by atoms with E-state index in [1.807, 2.05) is 0 Å². The highest BCUT2D eigenvalue weighted by molar-refractivity contribution is 9.10. The van der Waals surface area contributed by atoms with Gasteiger partial charge in [-0.2, -0.15) is 0 Å². The first-order valence-corrected chi connectivity index (χ1v) is 11.9. The zero-order valence-corrected chi connectivity index (χ0v) is 19.8. The Morgan fingerprint density at radius 3 is 2.55 bits per heavy atom. The summed E-state index contributed by atoms with van der Waals surface area (Å²) in [7, 11) is 1.42. The number of Topliss-reactive ketones (excluding diaryl/α,β-unsaturated/α-hetero) is 1. The molecule has 3 aromatic rings. The maximum Gasteiger partial charge on any atom is 0.308 e. The van der Waals surface area contributed by atoms with E-state index in [2.05, 4.69) is 15.9 Å². The second kappa shape index (κ2) is 8.35. The van der Waals surface area contributed by atoms with Crippen LogP contribution < -0.4 is 0 Å². The first kappa shape index (κ1) is 22.3. The second-order valence-electron chi connectivity index (χ2n) is 9.57. The topological polar surface area (TPSA) is 48.3 Å². The number of methoxy groups -OCH3 is 1. The van der Waals surface area contributed by atoms with E-state index >= 15 is 0 Å². The Morgan fingerprint density at radius 1 is 1.09 bits per heavy atom. The summed E-state index contributed by atoms with van der Waals surface area (Å²) >= 11 is 3.26. The molecule has 0 aliphatic heterocycles. The molecule has 1 heterocycles. The highest BCUT2D eigenvalue weighted by Gasteiger charge is 2.55. The van der Waals surface area contributed by atoms with Crippen molar-refractivity contribution in [3.05, 3.63) is 69.8 Å². The van der Waals surface area contributed by atoms with Gasteiger partial charge in [-0.3, -0.25) is 9.59 Å². The Bertz CT molecular complexity index is 1250. The predicted octanol–water partition coefficient (Wildman–Crippen LogP) is 6.28. The summed E-state index contributed by atoms with van der Waals surface area (Å²) in [5.41, 5.74) is 1.62. The molecule has 5 rings (SSSR count). The van der Waals surface area contributed by atoms with Crippen LogP contribution in [0.15, 0.2) is 47.1 Å². The lowest BCUT2D eigenvalue weighted by atomic mass is 9.47. The molecule has 4 nitrogen and oxygen atoms in total. The van der Waals surface area contributed by atoms with Crippen LogP contribution in [0.5, 0.6) is 0 Å². The molecule has 172 valence electrons. The number of hydrogen-bond acceptors (Lipinski definition) is 3. The minimum Gasteiger partial charge on any atom is -0.469 e. The molecule has 0 saturated heterocycles. The SMILES string of the molecule is COC(=O)C1CC2(CC(CC(=O)c3ccc(F)c4ccn(Cc5ccc(Br)cc5F)c34)C2)C1. The summed E-state index contributed by atoms with van der Waals surface area (Å²) in [5, 5.41) is 0.364. The van der Waals surface area contributed by atoms with Gasteiger partial charge in [-0.15, -0.1) is 0 Å². The van der Waals surface area contributed by atoms with Crippen LogP contribution in [0.4, 0.5) is 8.78 Å². The number of aromatic nitrogens is 1. The molecule has 1 aromatic heterocycles. The van der Waals surface area contributed by atoms with Crippen molar-refractivity contribution >= 4 is 38.6 Å². The number of benzene rings is 2. The van der Waals surface area contributed by atoms with E-state index in [1.54, 1.807) is 35.0 Å². The molecule has 2 saturated carbocycles. The Balaban J connectivity index is 1.33. The summed E-state index contributed by atoms with van der Waals surface area (Å²) in [6, 6.07) is 9.34. The number of ketones is 1. The van der Waals surface area contributed by atoms with Crippen molar-refractivity contribution in [1.29, 1.82) is 0 Å². The van der Waals surface area contributed by atoms with Crippen molar-refractivity contribution in [3.8, 4) is 0 Å². The fourth-order valence-corrected chi connectivity index (χ4v) is 6.15. The van der Waals surface area contributed by atoms with Gasteiger partial charge < -0.3 is 9.30 Å². The highest BCUT2D eigenvalue weighted by atomic mass is 79.9. The van der Waals surface area contributed by atoms with E-state index < -0.39 is 5.82 Å². The zero-order valence-electron chi connectivity index (χ0n) is 18.2. The zero-order chi connectivity index (χ0) is 23.3. The molecule has 0 unspecified atom stereocenters. The molecule has 2 fully saturated rings. The van der Waals surface area contributed by atoms with E-state index in [1.165, 1.54) is 19.2 Å². The Labute approximate surface area is 199 Å². The molecule has 0 N–H and O–H groups in total. The third-order valence-corrected chi connectivity index (χ3v) is 7.83. The lowest BCUT2D eigenvalue weighted by Crippen LogP contribution is -2.50. The lowest BCUT2D eigenvalue weighted by Gasteiger charge is -2.57. The standard InChI is InChI=1S/C26H24BrF2NO3/c1-33-25(32)17-12-26(13-17)10-15(11-26)8-23(31)20-4-5-21(28)19-6-7-30(24(19)20)14-16-2-3-18(27)9-22(16)29/h2-7,9,15,17H,8,10-14H2,1H3. The van der Waals surface area contributed by atoms with Gasteiger partial charge in [0.05, 0.1) is 25.1 Å². The third-order valence-electron chi connectivity index (χ3n) is 7.34. The fraction of sp³-hybridized carbons (Fsp3) is 0.385. The molecule has 2 aliphatic rings. The number of carbonyl (C=O) groups is 2. The van der Waals surface area contributed by atoms with Crippen molar-refractivity contribution in [2.24, 2.45) is 17.3 Å². The number of hydrogen-bond donors (Lipinski definition) is 0. The molecule has 33 heavy (non-hydrogen) atoms. The number of carbonyl (C=O) groups excluding carboxylic acids is 2. The minimum atomic E-state index is -0.400. The largest absolute Gasteiger partial charge is 0.469 e. The van der Waals surface area contributed by atoms with Crippen molar-refractivity contribution in [1.82, 2.24) is 4.57 Å². The first-order chi connectivity index (χ1) is 15.8. The molecule has 0 bridgehead atoms. The number of nitrogens with zero attached hydrogens (tertiary/aromatic N) is 1. The van der Waals surface area contributed by atoms with Gasteiger partial charge in [0, 0.05) is 33.6 Å². The first-order valence-electron chi connectivity index (χ1n) is 11.1. The number of halogens is 3. The lowest BCUT2D eigenvalue weighted by molar-refractivity contribution is -0.161. The van der Waals surface area contributed by atoms with Crippen LogP contribution in [-0.4, -0.2) is 23.4 Å². The molecule has 0 radical (unpaired) electrons. The van der Waals surface area contributed by atoms with E-state index in [0.717, 1.165) is 25.7 Å². The van der Waals surface area contributed by atoms with Gasteiger partial charge >= 0.3 is 5.97 Å². The average Bonchev–Trinajstić information content (AvgIpc) is 3.15. The number of ether oxygens (including phenoxy) is 1. The summed E-state index contributed by atoms with van der Waals surface area (Å²) in [5.74, 6) is -0.672. The summed E-state index contributed by atoms with van der Waals surface area (Å²) in [6.45, 7) is 0.202. The van der Waals surface area contributed by atoms with Gasteiger partial charge in [-0.1, -0.05) is 22.0 Å². The summed E-state index contributed by atoms with van der Waals surface area (Å²) in [4.78, 5) is 24.9. The van der Waals surface area contributed by atoms with Gasteiger partial charge in [-0.25, -0.2) is 8.78 Å². The Kier molecular flexibility index (Phi) is 5.63. The van der Waals surface area contributed by atoms with E-state index in [-0.39, 0.29) is 41.4 Å². The maximum atomic E-state index is 14.5.